The molecule has 1 aliphatic rings. The van der Waals surface area contributed by atoms with Crippen LogP contribution in [-0.4, -0.2) is 24.2 Å². The van der Waals surface area contributed by atoms with Crippen molar-refractivity contribution >= 4 is 5.97 Å². The number of aliphatic carboxylic acids is 1. The lowest BCUT2D eigenvalue weighted by molar-refractivity contribution is -0.137. The minimum absolute atomic E-state index is 0.0495. The first-order valence-corrected chi connectivity index (χ1v) is 8.21. The maximum Gasteiger partial charge on any atom is 0.303 e. The Bertz CT molecular complexity index is 569. The zero-order valence-electron chi connectivity index (χ0n) is 13.9. The summed E-state index contributed by atoms with van der Waals surface area (Å²) in [4.78, 5) is 10.5. The molecule has 3 nitrogen and oxygen atoms in total. The summed E-state index contributed by atoms with van der Waals surface area (Å²) in [6.45, 7) is 6.29. The summed E-state index contributed by atoms with van der Waals surface area (Å²) in [5.41, 5.74) is 1.16. The highest BCUT2D eigenvalue weighted by atomic mass is 19.1. The Balaban J connectivity index is 2.02. The molecule has 0 aliphatic carbocycles. The lowest BCUT2D eigenvalue weighted by Gasteiger charge is -2.40. The van der Waals surface area contributed by atoms with Crippen molar-refractivity contribution in [3.8, 4) is 0 Å². The van der Waals surface area contributed by atoms with Gasteiger partial charge in [0.2, 0.25) is 0 Å². The molecule has 4 heteroatoms. The van der Waals surface area contributed by atoms with Crippen LogP contribution in [0.25, 0.3) is 0 Å². The SMILES string of the molecule is CC1(C/C=C\CCCC(=O)O)CNCC1(C)c1ccc(F)cc1. The van der Waals surface area contributed by atoms with Crippen LogP contribution < -0.4 is 5.32 Å². The smallest absolute Gasteiger partial charge is 0.303 e. The van der Waals surface area contributed by atoms with Crippen LogP contribution in [0.1, 0.15) is 45.1 Å². The number of carboxylic acid groups (broad SMARTS) is 1. The van der Waals surface area contributed by atoms with Crippen molar-refractivity contribution in [2.75, 3.05) is 13.1 Å². The fourth-order valence-corrected chi connectivity index (χ4v) is 3.39. The van der Waals surface area contributed by atoms with Gasteiger partial charge in [-0.05, 0) is 42.4 Å². The Hall–Kier alpha value is -1.68. The largest absolute Gasteiger partial charge is 0.481 e. The first-order valence-electron chi connectivity index (χ1n) is 8.21. The molecule has 1 aliphatic heterocycles. The quantitative estimate of drug-likeness (QED) is 0.592. The van der Waals surface area contributed by atoms with Crippen LogP contribution in [0, 0.1) is 11.2 Å². The molecule has 0 spiro atoms. The Morgan fingerprint density at radius 1 is 1.26 bits per heavy atom. The first-order chi connectivity index (χ1) is 10.9. The van der Waals surface area contributed by atoms with Crippen LogP contribution in [0.5, 0.6) is 0 Å². The molecule has 2 N–H and O–H groups in total. The molecule has 1 aromatic rings. The van der Waals surface area contributed by atoms with Gasteiger partial charge in [-0.2, -0.15) is 0 Å². The zero-order chi connectivity index (χ0) is 16.9. The maximum absolute atomic E-state index is 13.2. The minimum atomic E-state index is -0.741. The highest BCUT2D eigenvalue weighted by molar-refractivity contribution is 5.66. The standard InChI is InChI=1S/C19H26FNO2/c1-18(12-6-4-3-5-7-17(22)23)13-21-14-19(18,2)15-8-10-16(20)11-9-15/h4,6,8-11,21H,3,5,7,12-14H2,1-2H3,(H,22,23)/b6-4-. The van der Waals surface area contributed by atoms with Gasteiger partial charge in [-0.25, -0.2) is 4.39 Å². The average molecular weight is 319 g/mol. The molecule has 1 aromatic carbocycles. The molecule has 0 saturated carbocycles. The summed E-state index contributed by atoms with van der Waals surface area (Å²) < 4.78 is 13.2. The van der Waals surface area contributed by atoms with Crippen LogP contribution in [0.15, 0.2) is 36.4 Å². The third kappa shape index (κ3) is 3.99. The summed E-state index contributed by atoms with van der Waals surface area (Å²) in [7, 11) is 0. The molecule has 2 atom stereocenters. The van der Waals surface area contributed by atoms with Crippen molar-refractivity contribution in [2.45, 2.75) is 44.9 Å². The second-order valence-electron chi connectivity index (χ2n) is 6.96. The van der Waals surface area contributed by atoms with Crippen LogP contribution in [0.3, 0.4) is 0 Å². The summed E-state index contributed by atoms with van der Waals surface area (Å²) >= 11 is 0. The van der Waals surface area contributed by atoms with Gasteiger partial charge in [-0.1, -0.05) is 38.1 Å². The minimum Gasteiger partial charge on any atom is -0.481 e. The molecule has 1 saturated heterocycles. The van der Waals surface area contributed by atoms with E-state index in [9.17, 15) is 9.18 Å². The van der Waals surface area contributed by atoms with Crippen LogP contribution in [0.4, 0.5) is 4.39 Å². The van der Waals surface area contributed by atoms with E-state index in [-0.39, 0.29) is 23.1 Å². The Morgan fingerprint density at radius 3 is 2.61 bits per heavy atom. The molecule has 2 rings (SSSR count). The number of rotatable bonds is 7. The fourth-order valence-electron chi connectivity index (χ4n) is 3.39. The van der Waals surface area contributed by atoms with Crippen LogP contribution >= 0.6 is 0 Å². The number of nitrogens with one attached hydrogen (secondary N) is 1. The van der Waals surface area contributed by atoms with Gasteiger partial charge in [0.1, 0.15) is 5.82 Å². The molecule has 0 radical (unpaired) electrons. The lowest BCUT2D eigenvalue weighted by atomic mass is 9.62. The highest BCUT2D eigenvalue weighted by Crippen LogP contribution is 2.47. The van der Waals surface area contributed by atoms with Crippen molar-refractivity contribution in [3.05, 3.63) is 47.8 Å². The number of halogens is 1. The molecule has 23 heavy (non-hydrogen) atoms. The summed E-state index contributed by atoms with van der Waals surface area (Å²) in [5, 5.41) is 12.1. The number of unbranched alkanes of at least 4 members (excludes halogenated alkanes) is 1. The first kappa shape index (κ1) is 17.7. The Kier molecular flexibility index (Phi) is 5.58. The number of carboxylic acids is 1. The molecule has 0 bridgehead atoms. The van der Waals surface area contributed by atoms with E-state index < -0.39 is 5.97 Å². The van der Waals surface area contributed by atoms with Gasteiger partial charge in [0.05, 0.1) is 0 Å². The molecule has 1 fully saturated rings. The summed E-state index contributed by atoms with van der Waals surface area (Å²) in [6.07, 6.45) is 6.85. The number of allylic oxidation sites excluding steroid dienone is 2. The topological polar surface area (TPSA) is 49.3 Å². The number of hydrogen-bond acceptors (Lipinski definition) is 2. The van der Waals surface area contributed by atoms with Gasteiger partial charge in [0.25, 0.3) is 0 Å². The van der Waals surface area contributed by atoms with Crippen molar-refractivity contribution < 1.29 is 14.3 Å². The van der Waals surface area contributed by atoms with Crippen LogP contribution in [0.2, 0.25) is 0 Å². The van der Waals surface area contributed by atoms with Crippen LogP contribution in [-0.2, 0) is 10.2 Å². The number of hydrogen-bond donors (Lipinski definition) is 2. The van der Waals surface area contributed by atoms with Gasteiger partial charge in [-0.3, -0.25) is 4.79 Å². The van der Waals surface area contributed by atoms with E-state index in [0.29, 0.717) is 6.42 Å². The second-order valence-corrected chi connectivity index (χ2v) is 6.96. The van der Waals surface area contributed by atoms with Gasteiger partial charge in [0, 0.05) is 24.9 Å². The normalized spacial score (nSPS) is 27.6. The zero-order valence-corrected chi connectivity index (χ0v) is 13.9. The third-order valence-electron chi connectivity index (χ3n) is 5.30. The molecule has 126 valence electrons. The molecule has 0 amide bonds. The molecular formula is C19H26FNO2. The van der Waals surface area contributed by atoms with Crippen molar-refractivity contribution in [1.82, 2.24) is 5.32 Å². The Labute approximate surface area is 137 Å². The second kappa shape index (κ2) is 7.26. The summed E-state index contributed by atoms with van der Waals surface area (Å²) in [5.74, 6) is -0.947. The van der Waals surface area contributed by atoms with E-state index in [4.69, 9.17) is 5.11 Å². The van der Waals surface area contributed by atoms with Gasteiger partial charge in [-0.15, -0.1) is 0 Å². The average Bonchev–Trinajstić information content (AvgIpc) is 2.80. The van der Waals surface area contributed by atoms with Gasteiger partial charge in [0.15, 0.2) is 0 Å². The molecule has 2 unspecified atom stereocenters. The van der Waals surface area contributed by atoms with E-state index in [1.807, 2.05) is 12.1 Å². The van der Waals surface area contributed by atoms with E-state index in [0.717, 1.165) is 31.5 Å². The van der Waals surface area contributed by atoms with Crippen molar-refractivity contribution in [1.29, 1.82) is 0 Å². The van der Waals surface area contributed by atoms with Crippen molar-refractivity contribution in [3.63, 3.8) is 0 Å². The summed E-state index contributed by atoms with van der Waals surface area (Å²) in [6, 6.07) is 6.83. The van der Waals surface area contributed by atoms with E-state index in [1.54, 1.807) is 0 Å². The Morgan fingerprint density at radius 2 is 1.96 bits per heavy atom. The monoisotopic (exact) mass is 319 g/mol. The predicted octanol–water partition coefficient (Wildman–Crippen LogP) is 3.89. The molecular weight excluding hydrogens is 293 g/mol. The predicted molar refractivity (Wildman–Crippen MR) is 90.0 cm³/mol. The molecule has 1 heterocycles. The lowest BCUT2D eigenvalue weighted by Crippen LogP contribution is -2.40. The van der Waals surface area contributed by atoms with Gasteiger partial charge >= 0.3 is 5.97 Å². The fraction of sp³-hybridized carbons (Fsp3) is 0.526. The van der Waals surface area contributed by atoms with E-state index in [1.165, 1.54) is 12.1 Å². The van der Waals surface area contributed by atoms with Crippen molar-refractivity contribution in [2.24, 2.45) is 5.41 Å². The number of benzene rings is 1. The number of carbonyl (C=O) groups is 1. The third-order valence-corrected chi connectivity index (χ3v) is 5.30. The van der Waals surface area contributed by atoms with E-state index >= 15 is 0 Å². The highest BCUT2D eigenvalue weighted by Gasteiger charge is 2.48. The van der Waals surface area contributed by atoms with E-state index in [2.05, 4.69) is 31.3 Å². The van der Waals surface area contributed by atoms with Gasteiger partial charge < -0.3 is 10.4 Å². The molecule has 0 aromatic heterocycles. The maximum atomic E-state index is 13.2.